The molecule has 2 heterocycles. The number of pyridine rings is 1. The lowest BCUT2D eigenvalue weighted by molar-refractivity contribution is -0.140. The van der Waals surface area contributed by atoms with E-state index in [1.54, 1.807) is 18.3 Å². The van der Waals surface area contributed by atoms with Crippen LogP contribution in [0.2, 0.25) is 0 Å². The third kappa shape index (κ3) is 3.32. The van der Waals surface area contributed by atoms with Crippen molar-refractivity contribution in [3.63, 3.8) is 0 Å². The molecule has 9 heteroatoms. The SMILES string of the molecule is COc1cc2c(Cc3ccc(F)c(C(F)(F)F)c3)nc3[nH]ncc3c2cc1OC. The molecule has 0 aliphatic rings. The van der Waals surface area contributed by atoms with Gasteiger partial charge in [-0.15, -0.1) is 0 Å². The van der Waals surface area contributed by atoms with Crippen molar-refractivity contribution in [2.75, 3.05) is 14.2 Å². The minimum Gasteiger partial charge on any atom is -0.493 e. The van der Waals surface area contributed by atoms with Gasteiger partial charge in [-0.1, -0.05) is 6.07 Å². The zero-order chi connectivity index (χ0) is 20.8. The Balaban J connectivity index is 1.91. The number of benzene rings is 2. The first kappa shape index (κ1) is 19.0. The molecular formula is C20H15F4N3O2. The number of rotatable bonds is 4. The van der Waals surface area contributed by atoms with Crippen LogP contribution in [0.15, 0.2) is 36.5 Å². The lowest BCUT2D eigenvalue weighted by atomic mass is 10.00. The zero-order valence-corrected chi connectivity index (χ0v) is 15.4. The maximum absolute atomic E-state index is 13.6. The van der Waals surface area contributed by atoms with E-state index in [4.69, 9.17) is 9.47 Å². The van der Waals surface area contributed by atoms with Crippen molar-refractivity contribution in [3.8, 4) is 11.5 Å². The summed E-state index contributed by atoms with van der Waals surface area (Å²) in [5.74, 6) is -0.351. The third-order valence-electron chi connectivity index (χ3n) is 4.70. The van der Waals surface area contributed by atoms with Gasteiger partial charge in [-0.05, 0) is 29.8 Å². The maximum Gasteiger partial charge on any atom is 0.419 e. The van der Waals surface area contributed by atoms with Gasteiger partial charge in [-0.25, -0.2) is 9.37 Å². The normalized spacial score (nSPS) is 11.9. The van der Waals surface area contributed by atoms with Crippen LogP contribution in [0.25, 0.3) is 21.8 Å². The number of nitrogens with zero attached hydrogens (tertiary/aromatic N) is 2. The molecule has 150 valence electrons. The topological polar surface area (TPSA) is 60.0 Å². The first-order valence-corrected chi connectivity index (χ1v) is 8.55. The van der Waals surface area contributed by atoms with E-state index in [1.165, 1.54) is 20.3 Å². The number of ether oxygens (including phenoxy) is 2. The van der Waals surface area contributed by atoms with E-state index in [0.717, 1.165) is 22.9 Å². The third-order valence-corrected chi connectivity index (χ3v) is 4.70. The van der Waals surface area contributed by atoms with Crippen LogP contribution >= 0.6 is 0 Å². The minimum absolute atomic E-state index is 0.0598. The molecule has 0 fully saturated rings. The van der Waals surface area contributed by atoms with Crippen LogP contribution in [-0.2, 0) is 12.6 Å². The number of methoxy groups -OCH3 is 2. The molecule has 5 nitrogen and oxygen atoms in total. The number of nitrogens with one attached hydrogen (secondary N) is 1. The molecule has 0 bridgehead atoms. The van der Waals surface area contributed by atoms with E-state index in [1.807, 2.05) is 0 Å². The summed E-state index contributed by atoms with van der Waals surface area (Å²) in [7, 11) is 3.00. The smallest absolute Gasteiger partial charge is 0.419 e. The summed E-state index contributed by atoms with van der Waals surface area (Å²) < 4.78 is 63.5. The highest BCUT2D eigenvalue weighted by Crippen LogP contribution is 2.37. The van der Waals surface area contributed by atoms with Crippen molar-refractivity contribution in [1.29, 1.82) is 0 Å². The molecule has 0 radical (unpaired) electrons. The first-order valence-electron chi connectivity index (χ1n) is 8.55. The summed E-state index contributed by atoms with van der Waals surface area (Å²) in [5, 5.41) is 8.94. The van der Waals surface area contributed by atoms with E-state index < -0.39 is 17.6 Å². The number of aromatic amines is 1. The van der Waals surface area contributed by atoms with Crippen LogP contribution < -0.4 is 9.47 Å². The van der Waals surface area contributed by atoms with Gasteiger partial charge in [0.2, 0.25) is 0 Å². The zero-order valence-electron chi connectivity index (χ0n) is 15.4. The quantitative estimate of drug-likeness (QED) is 0.492. The van der Waals surface area contributed by atoms with E-state index in [9.17, 15) is 17.6 Å². The summed E-state index contributed by atoms with van der Waals surface area (Å²) in [4.78, 5) is 4.51. The Morgan fingerprint density at radius 1 is 0.966 bits per heavy atom. The molecule has 29 heavy (non-hydrogen) atoms. The average molecular weight is 405 g/mol. The molecule has 0 aliphatic heterocycles. The fourth-order valence-electron chi connectivity index (χ4n) is 3.33. The minimum atomic E-state index is -4.78. The Labute approximate surface area is 162 Å². The predicted octanol–water partition coefficient (Wildman–Crippen LogP) is 4.88. The first-order chi connectivity index (χ1) is 13.8. The fourth-order valence-corrected chi connectivity index (χ4v) is 3.33. The van der Waals surface area contributed by atoms with E-state index in [-0.39, 0.29) is 12.0 Å². The molecular weight excluding hydrogens is 390 g/mol. The highest BCUT2D eigenvalue weighted by molar-refractivity contribution is 6.06. The van der Waals surface area contributed by atoms with Crippen LogP contribution in [0.1, 0.15) is 16.8 Å². The van der Waals surface area contributed by atoms with Crippen LogP contribution in [0.5, 0.6) is 11.5 Å². The molecule has 0 saturated heterocycles. The Bertz CT molecular complexity index is 1220. The summed E-state index contributed by atoms with van der Waals surface area (Å²) in [6.45, 7) is 0. The number of hydrogen-bond acceptors (Lipinski definition) is 4. The second-order valence-electron chi connectivity index (χ2n) is 6.43. The van der Waals surface area contributed by atoms with Gasteiger partial charge in [0.25, 0.3) is 0 Å². The van der Waals surface area contributed by atoms with Gasteiger partial charge in [0.1, 0.15) is 5.82 Å². The number of halogens is 4. The standard InChI is InChI=1S/C20H15F4N3O2/c1-28-17-7-11-12(8-18(17)29-2)16(26-19-13(11)9-25-27-19)6-10-3-4-15(21)14(5-10)20(22,23)24/h3-5,7-9H,6H2,1-2H3,(H,25,26,27). The monoisotopic (exact) mass is 405 g/mol. The lowest BCUT2D eigenvalue weighted by Crippen LogP contribution is -2.09. The number of H-pyrrole nitrogens is 1. The van der Waals surface area contributed by atoms with Crippen LogP contribution in [0.3, 0.4) is 0 Å². The number of aromatic nitrogens is 3. The van der Waals surface area contributed by atoms with Crippen molar-refractivity contribution in [2.45, 2.75) is 12.6 Å². The molecule has 4 aromatic rings. The summed E-state index contributed by atoms with van der Waals surface area (Å²) >= 11 is 0. The number of fused-ring (bicyclic) bond motifs is 3. The van der Waals surface area contributed by atoms with Gasteiger partial charge in [0.15, 0.2) is 17.1 Å². The van der Waals surface area contributed by atoms with Crippen molar-refractivity contribution < 1.29 is 27.0 Å². The Hall–Kier alpha value is -3.36. The molecule has 0 saturated carbocycles. The summed E-state index contributed by atoms with van der Waals surface area (Å²) in [6.07, 6.45) is -3.11. The fraction of sp³-hybridized carbons (Fsp3) is 0.200. The molecule has 1 N–H and O–H groups in total. The lowest BCUT2D eigenvalue weighted by Gasteiger charge is -2.13. The van der Waals surface area contributed by atoms with Gasteiger partial charge >= 0.3 is 6.18 Å². The average Bonchev–Trinajstić information content (AvgIpc) is 3.16. The second-order valence-corrected chi connectivity index (χ2v) is 6.43. The van der Waals surface area contributed by atoms with Crippen LogP contribution in [0.4, 0.5) is 17.6 Å². The number of alkyl halides is 3. The molecule has 0 spiro atoms. The van der Waals surface area contributed by atoms with Crippen LogP contribution in [-0.4, -0.2) is 29.4 Å². The largest absolute Gasteiger partial charge is 0.493 e. The van der Waals surface area contributed by atoms with Crippen molar-refractivity contribution in [3.05, 3.63) is 59.2 Å². The maximum atomic E-state index is 13.6. The molecule has 2 aromatic carbocycles. The Morgan fingerprint density at radius 3 is 2.31 bits per heavy atom. The van der Waals surface area contributed by atoms with Gasteiger partial charge in [0.05, 0.1) is 31.7 Å². The number of hydrogen-bond donors (Lipinski definition) is 1. The Morgan fingerprint density at radius 2 is 1.66 bits per heavy atom. The molecule has 0 amide bonds. The van der Waals surface area contributed by atoms with E-state index in [0.29, 0.717) is 28.2 Å². The highest BCUT2D eigenvalue weighted by atomic mass is 19.4. The van der Waals surface area contributed by atoms with Crippen molar-refractivity contribution in [2.24, 2.45) is 0 Å². The van der Waals surface area contributed by atoms with Gasteiger partial charge in [-0.3, -0.25) is 5.10 Å². The van der Waals surface area contributed by atoms with E-state index >= 15 is 0 Å². The van der Waals surface area contributed by atoms with Crippen LogP contribution in [0, 0.1) is 5.82 Å². The van der Waals surface area contributed by atoms with Crippen molar-refractivity contribution in [1.82, 2.24) is 15.2 Å². The predicted molar refractivity (Wildman–Crippen MR) is 98.7 cm³/mol. The molecule has 4 rings (SSSR count). The van der Waals surface area contributed by atoms with Gasteiger partial charge in [0, 0.05) is 22.6 Å². The molecule has 0 atom stereocenters. The summed E-state index contributed by atoms with van der Waals surface area (Å²) in [6, 6.07) is 6.43. The highest BCUT2D eigenvalue weighted by Gasteiger charge is 2.34. The summed E-state index contributed by atoms with van der Waals surface area (Å²) in [5.41, 5.74) is -0.0438. The Kier molecular flexibility index (Phi) is 4.52. The molecule has 0 aliphatic carbocycles. The van der Waals surface area contributed by atoms with E-state index in [2.05, 4.69) is 15.2 Å². The second kappa shape index (κ2) is 6.91. The van der Waals surface area contributed by atoms with Gasteiger partial charge in [-0.2, -0.15) is 18.3 Å². The molecule has 0 unspecified atom stereocenters. The molecule has 2 aromatic heterocycles. The van der Waals surface area contributed by atoms with Gasteiger partial charge < -0.3 is 9.47 Å². The van der Waals surface area contributed by atoms with Crippen molar-refractivity contribution >= 4 is 21.8 Å².